The van der Waals surface area contributed by atoms with E-state index < -0.39 is 15.7 Å². The zero-order chi connectivity index (χ0) is 13.2. The summed E-state index contributed by atoms with van der Waals surface area (Å²) in [5.74, 6) is 0. The van der Waals surface area contributed by atoms with Crippen molar-refractivity contribution in [3.05, 3.63) is 32.7 Å². The van der Waals surface area contributed by atoms with Gasteiger partial charge in [-0.2, -0.15) is 4.40 Å². The van der Waals surface area contributed by atoms with Gasteiger partial charge in [-0.3, -0.25) is 4.79 Å². The van der Waals surface area contributed by atoms with Gasteiger partial charge in [0.1, 0.15) is 11.0 Å². The predicted octanol–water partition coefficient (Wildman–Crippen LogP) is 2.03. The van der Waals surface area contributed by atoms with Crippen molar-refractivity contribution in [3.8, 4) is 0 Å². The van der Waals surface area contributed by atoms with Gasteiger partial charge < -0.3 is 4.57 Å². The molecule has 1 rings (SSSR count). The Morgan fingerprint density at radius 2 is 2.06 bits per heavy atom. The molecule has 0 aromatic carbocycles. The fraction of sp³-hybridized carbons (Fsp3) is 0.455. The Labute approximate surface area is 111 Å². The van der Waals surface area contributed by atoms with Gasteiger partial charge in [0.2, 0.25) is 0 Å². The van der Waals surface area contributed by atoms with Gasteiger partial charge in [-0.05, 0) is 36.7 Å². The van der Waals surface area contributed by atoms with Crippen LogP contribution in [-0.4, -0.2) is 19.7 Å². The minimum Gasteiger partial charge on any atom is -0.317 e. The molecule has 1 atom stereocenters. The summed E-state index contributed by atoms with van der Waals surface area (Å²) >= 11 is 3.33. The van der Waals surface area contributed by atoms with E-state index in [1.165, 1.54) is 16.8 Å². The number of hydrogen-bond donors (Lipinski definition) is 0. The zero-order valence-corrected chi connectivity index (χ0v) is 12.6. The van der Waals surface area contributed by atoms with Crippen LogP contribution in [0.5, 0.6) is 0 Å². The van der Waals surface area contributed by atoms with E-state index in [2.05, 4.69) is 20.3 Å². The average molecular weight is 319 g/mol. The Morgan fingerprint density at radius 1 is 1.47 bits per heavy atom. The Bertz CT molecular complexity index is 529. The normalized spacial score (nSPS) is 14.2. The predicted molar refractivity (Wildman–Crippen MR) is 74.9 cm³/mol. The summed E-state index contributed by atoms with van der Waals surface area (Å²) in [5.41, 5.74) is 0.502. The molecule has 0 aliphatic heterocycles. The molecule has 0 spiro atoms. The average Bonchev–Trinajstić information content (AvgIpc) is 2.19. The fourth-order valence-electron chi connectivity index (χ4n) is 0.974. The summed E-state index contributed by atoms with van der Waals surface area (Å²) in [5, 5.41) is 0. The second kappa shape index (κ2) is 5.27. The van der Waals surface area contributed by atoms with E-state index >= 15 is 0 Å². The molecule has 1 aromatic rings. The second-order valence-corrected chi connectivity index (χ2v) is 7.41. The lowest BCUT2D eigenvalue weighted by Crippen LogP contribution is -2.20. The van der Waals surface area contributed by atoms with Crippen LogP contribution in [0.3, 0.4) is 0 Å². The van der Waals surface area contributed by atoms with Crippen molar-refractivity contribution in [2.75, 3.05) is 0 Å². The molecule has 6 heteroatoms. The molecule has 0 bridgehead atoms. The van der Waals surface area contributed by atoms with Gasteiger partial charge in [0.15, 0.2) is 0 Å². The van der Waals surface area contributed by atoms with Crippen LogP contribution in [0.4, 0.5) is 0 Å². The molecule has 17 heavy (non-hydrogen) atoms. The number of pyridine rings is 1. The number of hydrogen-bond acceptors (Lipinski definition) is 2. The van der Waals surface area contributed by atoms with Gasteiger partial charge in [-0.15, -0.1) is 0 Å². The maximum Gasteiger partial charge on any atom is 0.250 e. The number of rotatable bonds is 2. The molecule has 1 aromatic heterocycles. The van der Waals surface area contributed by atoms with Crippen molar-refractivity contribution >= 4 is 33.1 Å². The number of aryl methyl sites for hydroxylation is 1. The Hall–Kier alpha value is -0.750. The quantitative estimate of drug-likeness (QED) is 0.783. The van der Waals surface area contributed by atoms with Crippen molar-refractivity contribution in [2.24, 2.45) is 11.4 Å². The summed E-state index contributed by atoms with van der Waals surface area (Å²) < 4.78 is 17.5. The summed E-state index contributed by atoms with van der Waals surface area (Å²) in [4.78, 5) is 11.4. The van der Waals surface area contributed by atoms with Crippen molar-refractivity contribution in [1.29, 1.82) is 0 Å². The first kappa shape index (κ1) is 14.3. The fourth-order valence-corrected chi connectivity index (χ4v) is 2.02. The third-order valence-electron chi connectivity index (χ3n) is 2.02. The molecular formula is C11H15BrN2O2S. The van der Waals surface area contributed by atoms with Crippen LogP contribution in [0.2, 0.25) is 0 Å². The monoisotopic (exact) mass is 318 g/mol. The van der Waals surface area contributed by atoms with E-state index in [1.807, 2.05) is 20.8 Å². The van der Waals surface area contributed by atoms with Crippen LogP contribution in [0.15, 0.2) is 25.9 Å². The minimum atomic E-state index is -1.32. The molecule has 0 radical (unpaired) electrons. The lowest BCUT2D eigenvalue weighted by Gasteiger charge is -2.12. The largest absolute Gasteiger partial charge is 0.317 e. The van der Waals surface area contributed by atoms with Gasteiger partial charge in [0.05, 0.1) is 4.75 Å². The molecule has 0 fully saturated rings. The highest BCUT2D eigenvalue weighted by Crippen LogP contribution is 2.14. The van der Waals surface area contributed by atoms with Crippen LogP contribution < -0.4 is 5.56 Å². The highest BCUT2D eigenvalue weighted by Gasteiger charge is 2.18. The Morgan fingerprint density at radius 3 is 2.59 bits per heavy atom. The van der Waals surface area contributed by atoms with E-state index in [9.17, 15) is 9.00 Å². The molecule has 0 aliphatic rings. The van der Waals surface area contributed by atoms with Crippen molar-refractivity contribution in [1.82, 2.24) is 4.57 Å². The van der Waals surface area contributed by atoms with E-state index in [0.717, 1.165) is 4.47 Å². The SMILES string of the molecule is Cn1cc(Br)c(/C=N/[S@@](=O)C(C)(C)C)cc1=O. The molecule has 0 saturated heterocycles. The first-order valence-corrected chi connectivity index (χ1v) is 6.94. The van der Waals surface area contributed by atoms with E-state index in [1.54, 1.807) is 13.2 Å². The van der Waals surface area contributed by atoms with Crippen LogP contribution >= 0.6 is 15.9 Å². The maximum atomic E-state index is 11.7. The van der Waals surface area contributed by atoms with Crippen LogP contribution in [-0.2, 0) is 18.0 Å². The smallest absolute Gasteiger partial charge is 0.250 e. The van der Waals surface area contributed by atoms with Crippen LogP contribution in [0.1, 0.15) is 26.3 Å². The van der Waals surface area contributed by atoms with Gasteiger partial charge in [0.25, 0.3) is 5.56 Å². The molecule has 0 unspecified atom stereocenters. The minimum absolute atomic E-state index is 0.129. The molecule has 0 N–H and O–H groups in total. The third kappa shape index (κ3) is 3.89. The molecule has 94 valence electrons. The second-order valence-electron chi connectivity index (χ2n) is 4.62. The van der Waals surface area contributed by atoms with E-state index in [4.69, 9.17) is 0 Å². The number of halogens is 1. The summed E-state index contributed by atoms with van der Waals surface area (Å²) in [6.07, 6.45) is 3.12. The maximum absolute atomic E-state index is 11.7. The third-order valence-corrected chi connectivity index (χ3v) is 4.03. The molecule has 0 aliphatic carbocycles. The lowest BCUT2D eigenvalue weighted by molar-refractivity contribution is 0.651. The van der Waals surface area contributed by atoms with Gasteiger partial charge >= 0.3 is 0 Å². The highest BCUT2D eigenvalue weighted by molar-refractivity contribution is 9.10. The van der Waals surface area contributed by atoms with E-state index in [0.29, 0.717) is 5.56 Å². The first-order chi connectivity index (χ1) is 7.71. The van der Waals surface area contributed by atoms with Crippen molar-refractivity contribution in [2.45, 2.75) is 25.5 Å². The standard InChI is InChI=1S/C11H15BrN2O2S/c1-11(2,3)17(16)13-6-8-5-10(15)14(4)7-9(8)12/h5-7H,1-4H3/b13-6+/t17-/m0/s1. The van der Waals surface area contributed by atoms with Gasteiger partial charge in [-0.25, -0.2) is 4.21 Å². The topological polar surface area (TPSA) is 51.4 Å². The van der Waals surface area contributed by atoms with E-state index in [-0.39, 0.29) is 5.56 Å². The summed E-state index contributed by atoms with van der Waals surface area (Å²) in [6, 6.07) is 1.45. The summed E-state index contributed by atoms with van der Waals surface area (Å²) in [7, 11) is 0.350. The Kier molecular flexibility index (Phi) is 4.43. The van der Waals surface area contributed by atoms with Crippen molar-refractivity contribution < 1.29 is 4.21 Å². The summed E-state index contributed by atoms with van der Waals surface area (Å²) in [6.45, 7) is 5.54. The first-order valence-electron chi connectivity index (χ1n) is 5.04. The van der Waals surface area contributed by atoms with Crippen molar-refractivity contribution in [3.63, 3.8) is 0 Å². The van der Waals surface area contributed by atoms with Crippen LogP contribution in [0.25, 0.3) is 0 Å². The molecule has 0 amide bonds. The van der Waals surface area contributed by atoms with Gasteiger partial charge in [-0.1, -0.05) is 0 Å². The molecule has 4 nitrogen and oxygen atoms in total. The lowest BCUT2D eigenvalue weighted by atomic mass is 10.3. The molecule has 0 saturated carbocycles. The molecule has 1 heterocycles. The number of aromatic nitrogens is 1. The molecular weight excluding hydrogens is 304 g/mol. The van der Waals surface area contributed by atoms with Gasteiger partial charge in [0, 0.05) is 35.6 Å². The highest BCUT2D eigenvalue weighted by atomic mass is 79.9. The zero-order valence-electron chi connectivity index (χ0n) is 10.2. The van der Waals surface area contributed by atoms with Crippen LogP contribution in [0, 0.1) is 0 Å². The number of nitrogens with zero attached hydrogens (tertiary/aromatic N) is 2. The Balaban J connectivity index is 3.05.